The van der Waals surface area contributed by atoms with E-state index in [1.165, 1.54) is 0 Å². The van der Waals surface area contributed by atoms with Gasteiger partial charge in [-0.15, -0.1) is 0 Å². The molecule has 2 rings (SSSR count). The molecule has 0 atom stereocenters. The van der Waals surface area contributed by atoms with Gasteiger partial charge in [0.25, 0.3) is 0 Å². The van der Waals surface area contributed by atoms with Crippen LogP contribution in [0.2, 0.25) is 0 Å². The number of nitrogens with two attached hydrogens (primary N) is 1. The fraction of sp³-hybridized carbons (Fsp3) is 0.467. The molecule has 108 valence electrons. The highest BCUT2D eigenvalue weighted by Crippen LogP contribution is 2.45. The summed E-state index contributed by atoms with van der Waals surface area (Å²) >= 11 is 0. The SMILES string of the molecule is CN(CCc1ccccc1C(=O)O)C(=O)C1(CN)CC1. The van der Waals surface area contributed by atoms with Crippen LogP contribution in [0.3, 0.4) is 0 Å². The van der Waals surface area contributed by atoms with Crippen molar-refractivity contribution in [2.45, 2.75) is 19.3 Å². The lowest BCUT2D eigenvalue weighted by molar-refractivity contribution is -0.135. The van der Waals surface area contributed by atoms with Gasteiger partial charge in [0.05, 0.1) is 11.0 Å². The first kappa shape index (κ1) is 14.5. The van der Waals surface area contributed by atoms with E-state index in [4.69, 9.17) is 10.8 Å². The van der Waals surface area contributed by atoms with Crippen molar-refractivity contribution in [2.24, 2.45) is 11.1 Å². The van der Waals surface area contributed by atoms with Crippen LogP contribution in [0.5, 0.6) is 0 Å². The molecule has 1 aliphatic carbocycles. The highest BCUT2D eigenvalue weighted by molar-refractivity contribution is 5.89. The fourth-order valence-electron chi connectivity index (χ4n) is 2.40. The summed E-state index contributed by atoms with van der Waals surface area (Å²) in [6.07, 6.45) is 2.25. The number of hydrogen-bond donors (Lipinski definition) is 2. The maximum atomic E-state index is 12.2. The molecule has 0 saturated heterocycles. The molecule has 0 spiro atoms. The van der Waals surface area contributed by atoms with Gasteiger partial charge in [0.1, 0.15) is 0 Å². The predicted octanol–water partition coefficient (Wildman–Crippen LogP) is 1.12. The van der Waals surface area contributed by atoms with Crippen LogP contribution in [0.1, 0.15) is 28.8 Å². The number of carboxylic acids is 1. The van der Waals surface area contributed by atoms with Gasteiger partial charge in [0, 0.05) is 20.1 Å². The summed E-state index contributed by atoms with van der Waals surface area (Å²) in [7, 11) is 1.75. The van der Waals surface area contributed by atoms with E-state index >= 15 is 0 Å². The molecule has 1 amide bonds. The van der Waals surface area contributed by atoms with Crippen LogP contribution in [-0.2, 0) is 11.2 Å². The lowest BCUT2D eigenvalue weighted by atomic mass is 10.0. The number of likely N-dealkylation sites (N-methyl/N-ethyl adjacent to an activating group) is 1. The Balaban J connectivity index is 1.99. The highest BCUT2D eigenvalue weighted by Gasteiger charge is 2.49. The maximum Gasteiger partial charge on any atom is 0.335 e. The molecule has 1 saturated carbocycles. The third kappa shape index (κ3) is 2.82. The molecule has 0 radical (unpaired) electrons. The van der Waals surface area contributed by atoms with Gasteiger partial charge in [-0.1, -0.05) is 18.2 Å². The lowest BCUT2D eigenvalue weighted by Gasteiger charge is -2.22. The number of benzene rings is 1. The van der Waals surface area contributed by atoms with Crippen LogP contribution in [0.4, 0.5) is 0 Å². The predicted molar refractivity (Wildman–Crippen MR) is 75.5 cm³/mol. The summed E-state index contributed by atoms with van der Waals surface area (Å²) in [6, 6.07) is 6.89. The fourth-order valence-corrected chi connectivity index (χ4v) is 2.40. The topological polar surface area (TPSA) is 83.6 Å². The summed E-state index contributed by atoms with van der Waals surface area (Å²) in [5.41, 5.74) is 6.35. The van der Waals surface area contributed by atoms with Crippen molar-refractivity contribution in [1.29, 1.82) is 0 Å². The van der Waals surface area contributed by atoms with Crippen LogP contribution in [0.15, 0.2) is 24.3 Å². The largest absolute Gasteiger partial charge is 0.478 e. The van der Waals surface area contributed by atoms with E-state index in [-0.39, 0.29) is 11.3 Å². The third-order valence-electron chi connectivity index (χ3n) is 4.01. The summed E-state index contributed by atoms with van der Waals surface area (Å²) in [5.74, 6) is -0.858. The summed E-state index contributed by atoms with van der Waals surface area (Å²) in [4.78, 5) is 25.0. The van der Waals surface area contributed by atoms with Gasteiger partial charge < -0.3 is 15.7 Å². The number of nitrogens with zero attached hydrogens (tertiary/aromatic N) is 1. The molecule has 5 nitrogen and oxygen atoms in total. The monoisotopic (exact) mass is 276 g/mol. The average Bonchev–Trinajstić information content (AvgIpc) is 3.25. The van der Waals surface area contributed by atoms with Gasteiger partial charge in [-0.25, -0.2) is 4.79 Å². The number of rotatable bonds is 6. The maximum absolute atomic E-state index is 12.2. The van der Waals surface area contributed by atoms with Crippen molar-refractivity contribution in [1.82, 2.24) is 4.90 Å². The molecule has 20 heavy (non-hydrogen) atoms. The molecule has 1 fully saturated rings. The van der Waals surface area contributed by atoms with Crippen LogP contribution < -0.4 is 5.73 Å². The molecule has 0 heterocycles. The quantitative estimate of drug-likeness (QED) is 0.815. The van der Waals surface area contributed by atoms with E-state index in [0.717, 1.165) is 18.4 Å². The van der Waals surface area contributed by atoms with Gasteiger partial charge in [0.15, 0.2) is 0 Å². The van der Waals surface area contributed by atoms with Gasteiger partial charge in [-0.3, -0.25) is 4.79 Å². The molecular weight excluding hydrogens is 256 g/mol. The summed E-state index contributed by atoms with van der Waals surface area (Å²) in [5, 5.41) is 9.12. The molecule has 0 aliphatic heterocycles. The number of carboxylic acid groups (broad SMARTS) is 1. The summed E-state index contributed by atoms with van der Waals surface area (Å²) in [6.45, 7) is 0.896. The number of carbonyl (C=O) groups excluding carboxylic acids is 1. The Kier molecular flexibility index (Phi) is 4.09. The second-order valence-corrected chi connectivity index (χ2v) is 5.42. The Labute approximate surface area is 118 Å². The zero-order valence-corrected chi connectivity index (χ0v) is 11.6. The van der Waals surface area contributed by atoms with Crippen molar-refractivity contribution in [3.05, 3.63) is 35.4 Å². The Morgan fingerprint density at radius 2 is 2.00 bits per heavy atom. The Bertz CT molecular complexity index is 524. The highest BCUT2D eigenvalue weighted by atomic mass is 16.4. The zero-order chi connectivity index (χ0) is 14.8. The van der Waals surface area contributed by atoms with E-state index in [1.54, 1.807) is 30.1 Å². The van der Waals surface area contributed by atoms with Crippen molar-refractivity contribution in [2.75, 3.05) is 20.1 Å². The first-order valence-corrected chi connectivity index (χ1v) is 6.77. The average molecular weight is 276 g/mol. The molecule has 0 unspecified atom stereocenters. The van der Waals surface area contributed by atoms with E-state index in [9.17, 15) is 9.59 Å². The van der Waals surface area contributed by atoms with Gasteiger partial charge >= 0.3 is 5.97 Å². The molecule has 0 aromatic heterocycles. The Hall–Kier alpha value is -1.88. The van der Waals surface area contributed by atoms with Crippen molar-refractivity contribution < 1.29 is 14.7 Å². The Morgan fingerprint density at radius 1 is 1.35 bits per heavy atom. The van der Waals surface area contributed by atoms with Crippen LogP contribution in [0.25, 0.3) is 0 Å². The molecule has 1 aliphatic rings. The standard InChI is InChI=1S/C15H20N2O3/c1-17(14(20)15(10-16)7-8-15)9-6-11-4-2-3-5-12(11)13(18)19/h2-5H,6-10,16H2,1H3,(H,18,19). The Morgan fingerprint density at radius 3 is 2.55 bits per heavy atom. The van der Waals surface area contributed by atoms with E-state index in [2.05, 4.69) is 0 Å². The number of carbonyl (C=O) groups is 2. The van der Waals surface area contributed by atoms with E-state index in [1.807, 2.05) is 6.07 Å². The second-order valence-electron chi connectivity index (χ2n) is 5.42. The van der Waals surface area contributed by atoms with Gasteiger partial charge in [-0.05, 0) is 30.9 Å². The van der Waals surface area contributed by atoms with E-state index in [0.29, 0.717) is 25.1 Å². The molecule has 5 heteroatoms. The minimum Gasteiger partial charge on any atom is -0.478 e. The minimum absolute atomic E-state index is 0.0767. The summed E-state index contributed by atoms with van der Waals surface area (Å²) < 4.78 is 0. The first-order valence-electron chi connectivity index (χ1n) is 6.77. The molecule has 3 N–H and O–H groups in total. The smallest absolute Gasteiger partial charge is 0.335 e. The van der Waals surface area contributed by atoms with Crippen molar-refractivity contribution >= 4 is 11.9 Å². The number of aromatic carboxylic acids is 1. The molecular formula is C15H20N2O3. The lowest BCUT2D eigenvalue weighted by Crippen LogP contribution is -2.39. The van der Waals surface area contributed by atoms with Gasteiger partial charge in [0.2, 0.25) is 5.91 Å². The zero-order valence-electron chi connectivity index (χ0n) is 11.6. The van der Waals surface area contributed by atoms with Crippen molar-refractivity contribution in [3.8, 4) is 0 Å². The van der Waals surface area contributed by atoms with Crippen LogP contribution >= 0.6 is 0 Å². The van der Waals surface area contributed by atoms with Crippen LogP contribution in [0, 0.1) is 5.41 Å². The van der Waals surface area contributed by atoms with Crippen LogP contribution in [-0.4, -0.2) is 42.0 Å². The number of hydrogen-bond acceptors (Lipinski definition) is 3. The minimum atomic E-state index is -0.935. The first-order chi connectivity index (χ1) is 9.50. The molecule has 0 bridgehead atoms. The molecule has 1 aromatic rings. The second kappa shape index (κ2) is 5.63. The van der Waals surface area contributed by atoms with Crippen molar-refractivity contribution in [3.63, 3.8) is 0 Å². The number of amides is 1. The third-order valence-corrected chi connectivity index (χ3v) is 4.01. The van der Waals surface area contributed by atoms with Gasteiger partial charge in [-0.2, -0.15) is 0 Å². The molecule has 1 aromatic carbocycles. The van der Waals surface area contributed by atoms with E-state index < -0.39 is 5.97 Å². The normalized spacial score (nSPS) is 15.7.